The van der Waals surface area contributed by atoms with Crippen LogP contribution in [0.3, 0.4) is 0 Å². The fourth-order valence-electron chi connectivity index (χ4n) is 3.64. The third-order valence-electron chi connectivity index (χ3n) is 4.54. The Hall–Kier alpha value is -1.46. The minimum Gasteiger partial charge on any atom is -0.385 e. The molecule has 1 aromatic carbocycles. The van der Waals surface area contributed by atoms with Gasteiger partial charge >= 0.3 is 0 Å². The Morgan fingerprint density at radius 1 is 1.16 bits per heavy atom. The monoisotopic (exact) mass is 259 g/mol. The van der Waals surface area contributed by atoms with Gasteiger partial charge in [-0.15, -0.1) is 0 Å². The van der Waals surface area contributed by atoms with Gasteiger partial charge in [-0.1, -0.05) is 12.5 Å². The van der Waals surface area contributed by atoms with Crippen LogP contribution in [0.4, 0.5) is 0 Å². The second-order valence-corrected chi connectivity index (χ2v) is 5.90. The lowest BCUT2D eigenvalue weighted by Gasteiger charge is -2.45. The molecule has 2 atom stereocenters. The van der Waals surface area contributed by atoms with E-state index in [1.807, 2.05) is 18.2 Å². The first-order valence-electron chi connectivity index (χ1n) is 6.94. The van der Waals surface area contributed by atoms with E-state index >= 15 is 0 Å². The molecule has 0 spiro atoms. The predicted octanol–water partition coefficient (Wildman–Crippen LogP) is 1.71. The molecule has 4 rings (SSSR count). The van der Waals surface area contributed by atoms with Crippen molar-refractivity contribution in [2.75, 3.05) is 0 Å². The van der Waals surface area contributed by atoms with Crippen LogP contribution in [0.5, 0.6) is 0 Å². The molecule has 3 heterocycles. The molecule has 2 saturated heterocycles. The zero-order valence-electron chi connectivity index (χ0n) is 10.7. The molecule has 2 unspecified atom stereocenters. The van der Waals surface area contributed by atoms with Crippen molar-refractivity contribution in [3.05, 3.63) is 23.8 Å². The van der Waals surface area contributed by atoms with Crippen molar-refractivity contribution < 1.29 is 9.74 Å². The molecule has 2 fully saturated rings. The number of hydrogen-bond acceptors (Lipinski definition) is 5. The highest BCUT2D eigenvalue weighted by atomic mass is 16.6. The fraction of sp³-hybridized carbons (Fsp3) is 0.571. The number of aromatic nitrogens is 2. The van der Waals surface area contributed by atoms with Crippen molar-refractivity contribution in [2.45, 2.75) is 49.8 Å². The predicted molar refractivity (Wildman–Crippen MR) is 69.5 cm³/mol. The maximum Gasteiger partial charge on any atom is 0.135 e. The molecule has 0 aliphatic carbocycles. The number of hydrogen-bond donors (Lipinski definition) is 2. The van der Waals surface area contributed by atoms with E-state index < -0.39 is 5.60 Å². The summed E-state index contributed by atoms with van der Waals surface area (Å²) < 4.78 is 4.72. The molecule has 2 N–H and O–H groups in total. The first kappa shape index (κ1) is 11.4. The van der Waals surface area contributed by atoms with E-state index in [0.29, 0.717) is 12.1 Å². The SMILES string of the molecule is OC1(c2ccc3nonc3c2)CC2CCCC(C1)N2. The van der Waals surface area contributed by atoms with Crippen LogP contribution in [0.15, 0.2) is 22.8 Å². The lowest BCUT2D eigenvalue weighted by Crippen LogP contribution is -2.54. The van der Waals surface area contributed by atoms with E-state index in [0.717, 1.165) is 42.3 Å². The van der Waals surface area contributed by atoms with Gasteiger partial charge in [0, 0.05) is 12.1 Å². The Balaban J connectivity index is 1.72. The van der Waals surface area contributed by atoms with Gasteiger partial charge in [-0.2, -0.15) is 0 Å². The van der Waals surface area contributed by atoms with Crippen molar-refractivity contribution in [1.29, 1.82) is 0 Å². The third kappa shape index (κ3) is 1.84. The minimum absolute atomic E-state index is 0.434. The summed E-state index contributed by atoms with van der Waals surface area (Å²) in [5, 5.41) is 22.3. The van der Waals surface area contributed by atoms with Gasteiger partial charge in [-0.3, -0.25) is 0 Å². The van der Waals surface area contributed by atoms with Crippen molar-refractivity contribution in [3.63, 3.8) is 0 Å². The topological polar surface area (TPSA) is 71.2 Å². The van der Waals surface area contributed by atoms with Crippen LogP contribution in [0.1, 0.15) is 37.7 Å². The summed E-state index contributed by atoms with van der Waals surface area (Å²) in [5.74, 6) is 0. The van der Waals surface area contributed by atoms with Gasteiger partial charge in [-0.05, 0) is 53.7 Å². The van der Waals surface area contributed by atoms with Gasteiger partial charge in [0.2, 0.25) is 0 Å². The van der Waals surface area contributed by atoms with Crippen molar-refractivity contribution >= 4 is 11.0 Å². The maximum atomic E-state index is 11.0. The van der Waals surface area contributed by atoms with Gasteiger partial charge in [0.05, 0.1) is 5.60 Å². The van der Waals surface area contributed by atoms with Crippen LogP contribution in [-0.2, 0) is 5.60 Å². The summed E-state index contributed by atoms with van der Waals surface area (Å²) in [4.78, 5) is 0. The molecule has 2 aromatic rings. The molecular formula is C14H17N3O2. The molecule has 0 radical (unpaired) electrons. The van der Waals surface area contributed by atoms with Gasteiger partial charge in [-0.25, -0.2) is 4.63 Å². The van der Waals surface area contributed by atoms with Crippen LogP contribution in [0.2, 0.25) is 0 Å². The zero-order valence-corrected chi connectivity index (χ0v) is 10.7. The second kappa shape index (κ2) is 4.02. The lowest BCUT2D eigenvalue weighted by molar-refractivity contribution is -0.0357. The fourth-order valence-corrected chi connectivity index (χ4v) is 3.64. The molecule has 0 saturated carbocycles. The molecule has 5 heteroatoms. The summed E-state index contributed by atoms with van der Waals surface area (Å²) >= 11 is 0. The minimum atomic E-state index is -0.742. The Bertz CT molecular complexity index is 598. The number of aliphatic hydroxyl groups is 1. The average molecular weight is 259 g/mol. The number of piperidine rings is 2. The molecule has 2 bridgehead atoms. The molecule has 19 heavy (non-hydrogen) atoms. The normalized spacial score (nSPS) is 34.6. The molecule has 0 amide bonds. The summed E-state index contributed by atoms with van der Waals surface area (Å²) in [6.07, 6.45) is 5.14. The van der Waals surface area contributed by atoms with Crippen LogP contribution in [-0.4, -0.2) is 27.5 Å². The first-order valence-corrected chi connectivity index (χ1v) is 6.94. The average Bonchev–Trinajstić information content (AvgIpc) is 2.85. The van der Waals surface area contributed by atoms with Crippen LogP contribution < -0.4 is 5.32 Å². The van der Waals surface area contributed by atoms with Crippen molar-refractivity contribution in [1.82, 2.24) is 15.6 Å². The van der Waals surface area contributed by atoms with Crippen LogP contribution in [0, 0.1) is 0 Å². The van der Waals surface area contributed by atoms with Gasteiger partial charge < -0.3 is 10.4 Å². The van der Waals surface area contributed by atoms with Gasteiger partial charge in [0.15, 0.2) is 0 Å². The molecule has 2 aliphatic heterocycles. The molecular weight excluding hydrogens is 242 g/mol. The standard InChI is InChI=1S/C14H17N3O2/c18-14(7-10-2-1-3-11(8-14)15-10)9-4-5-12-13(6-9)17-19-16-12/h4-6,10-11,15,18H,1-3,7-8H2. The quantitative estimate of drug-likeness (QED) is 0.816. The number of rotatable bonds is 1. The summed E-state index contributed by atoms with van der Waals surface area (Å²) in [6, 6.07) is 6.60. The summed E-state index contributed by atoms with van der Waals surface area (Å²) in [6.45, 7) is 0. The number of nitrogens with zero attached hydrogens (tertiary/aromatic N) is 2. The van der Waals surface area contributed by atoms with Crippen LogP contribution in [0.25, 0.3) is 11.0 Å². The van der Waals surface area contributed by atoms with Crippen molar-refractivity contribution in [2.24, 2.45) is 0 Å². The Morgan fingerprint density at radius 3 is 2.68 bits per heavy atom. The third-order valence-corrected chi connectivity index (χ3v) is 4.54. The summed E-state index contributed by atoms with van der Waals surface area (Å²) in [7, 11) is 0. The second-order valence-electron chi connectivity index (χ2n) is 5.90. The highest BCUT2D eigenvalue weighted by Crippen LogP contribution is 2.40. The highest BCUT2D eigenvalue weighted by Gasteiger charge is 2.41. The van der Waals surface area contributed by atoms with E-state index in [4.69, 9.17) is 4.63 Å². The molecule has 2 aliphatic rings. The molecule has 1 aromatic heterocycles. The van der Waals surface area contributed by atoms with E-state index in [1.54, 1.807) is 0 Å². The largest absolute Gasteiger partial charge is 0.385 e. The Labute approximate surface area is 111 Å². The smallest absolute Gasteiger partial charge is 0.135 e. The van der Waals surface area contributed by atoms with Gasteiger partial charge in [0.25, 0.3) is 0 Å². The number of benzene rings is 1. The first-order chi connectivity index (χ1) is 9.23. The Morgan fingerprint density at radius 2 is 1.89 bits per heavy atom. The van der Waals surface area contributed by atoms with E-state index in [1.165, 1.54) is 6.42 Å². The lowest BCUT2D eigenvalue weighted by atomic mass is 9.74. The zero-order chi connectivity index (χ0) is 12.9. The summed E-state index contributed by atoms with van der Waals surface area (Å²) in [5.41, 5.74) is 1.65. The van der Waals surface area contributed by atoms with E-state index in [2.05, 4.69) is 15.6 Å². The molecule has 5 nitrogen and oxygen atoms in total. The Kier molecular flexibility index (Phi) is 2.40. The maximum absolute atomic E-state index is 11.0. The molecule has 100 valence electrons. The number of fused-ring (bicyclic) bond motifs is 3. The van der Waals surface area contributed by atoms with Crippen molar-refractivity contribution in [3.8, 4) is 0 Å². The van der Waals surface area contributed by atoms with Crippen LogP contribution >= 0.6 is 0 Å². The van der Waals surface area contributed by atoms with E-state index in [9.17, 15) is 5.11 Å². The van der Waals surface area contributed by atoms with E-state index in [-0.39, 0.29) is 0 Å². The van der Waals surface area contributed by atoms with Gasteiger partial charge in [0.1, 0.15) is 11.0 Å². The number of nitrogens with one attached hydrogen (secondary N) is 1. The highest BCUT2D eigenvalue weighted by molar-refractivity contribution is 5.74.